The molecular weight excluding hydrogens is 342 g/mol. The Bertz CT molecular complexity index is 694. The fraction of sp³-hybridized carbons (Fsp3) is 0. The number of benzene rings is 1. The van der Waals surface area contributed by atoms with E-state index in [1.807, 2.05) is 0 Å². The van der Waals surface area contributed by atoms with Crippen LogP contribution in [0.4, 0.5) is 0 Å². The second kappa shape index (κ2) is 4.03. The molecule has 0 spiro atoms. The molecule has 6 heteroatoms. The quantitative estimate of drug-likeness (QED) is 0.793. The maximum atomic E-state index is 11.8. The Morgan fingerprint density at radius 1 is 1.19 bits per heavy atom. The summed E-state index contributed by atoms with van der Waals surface area (Å²) in [5.41, 5.74) is -0.716. The van der Waals surface area contributed by atoms with Crippen molar-refractivity contribution in [2.24, 2.45) is 0 Å². The first-order chi connectivity index (χ1) is 7.54. The summed E-state index contributed by atoms with van der Waals surface area (Å²) in [6.45, 7) is 0. The molecule has 0 aliphatic rings. The second-order valence-electron chi connectivity index (χ2n) is 3.09. The van der Waals surface area contributed by atoms with Gasteiger partial charge >= 0.3 is 0 Å². The van der Waals surface area contributed by atoms with Crippen molar-refractivity contribution in [1.82, 2.24) is 3.59 Å². The fourth-order valence-electron chi connectivity index (χ4n) is 1.36. The molecule has 0 aliphatic heterocycles. The van der Waals surface area contributed by atoms with Gasteiger partial charge in [0.25, 0.3) is 5.56 Å². The van der Waals surface area contributed by atoms with Gasteiger partial charge < -0.3 is 5.11 Å². The number of nitrogens with zero attached hydrogens (tertiary/aromatic N) is 1. The lowest BCUT2D eigenvalue weighted by Crippen LogP contribution is -2.09. The summed E-state index contributed by atoms with van der Waals surface area (Å²) >= 11 is 5.95. The number of fused-ring (bicyclic) bond motifs is 1. The second-order valence-corrected chi connectivity index (χ2v) is 4.60. The predicted molar refractivity (Wildman–Crippen MR) is 68.2 cm³/mol. The first-order valence-electron chi connectivity index (χ1n) is 4.26. The number of aromatic hydroxyl groups is 1. The molecule has 0 atom stereocenters. The highest BCUT2D eigenvalue weighted by Gasteiger charge is 2.12. The van der Waals surface area contributed by atoms with E-state index < -0.39 is 16.7 Å². The average Bonchev–Trinajstić information content (AvgIpc) is 2.38. The van der Waals surface area contributed by atoms with Crippen molar-refractivity contribution in [2.75, 3.05) is 0 Å². The lowest BCUT2D eigenvalue weighted by atomic mass is 10.2. The molecule has 1 aromatic carbocycles. The van der Waals surface area contributed by atoms with Crippen LogP contribution in [-0.4, -0.2) is 8.70 Å². The van der Waals surface area contributed by atoms with Gasteiger partial charge in [-0.1, -0.05) is 12.1 Å². The monoisotopic (exact) mass is 345 g/mol. The van der Waals surface area contributed by atoms with E-state index >= 15 is 0 Å². The number of rotatable bonds is 0. The van der Waals surface area contributed by atoms with Crippen LogP contribution in [0.25, 0.3) is 10.9 Å². The van der Waals surface area contributed by atoms with E-state index in [0.29, 0.717) is 5.52 Å². The van der Waals surface area contributed by atoms with E-state index in [1.165, 1.54) is 0 Å². The zero-order valence-corrected chi connectivity index (χ0v) is 10.9. The first-order valence-corrected chi connectivity index (χ1v) is 5.77. The van der Waals surface area contributed by atoms with Gasteiger partial charge in [-0.25, -0.2) is 3.59 Å². The number of para-hydroxylation sites is 1. The SMILES string of the molecule is O=c1c(O)c(Br)c(=O)n(Br)c2ccccc12. The Morgan fingerprint density at radius 3 is 2.50 bits per heavy atom. The fourth-order valence-corrected chi connectivity index (χ4v) is 2.44. The van der Waals surface area contributed by atoms with Crippen LogP contribution in [0.15, 0.2) is 38.3 Å². The third-order valence-electron chi connectivity index (χ3n) is 2.15. The summed E-state index contributed by atoms with van der Waals surface area (Å²) in [7, 11) is 0. The number of aromatic nitrogens is 1. The van der Waals surface area contributed by atoms with Crippen molar-refractivity contribution in [3.05, 3.63) is 49.3 Å². The third kappa shape index (κ3) is 1.58. The number of hydrogen-bond acceptors (Lipinski definition) is 3. The topological polar surface area (TPSA) is 59.3 Å². The van der Waals surface area contributed by atoms with E-state index in [4.69, 9.17) is 0 Å². The lowest BCUT2D eigenvalue weighted by molar-refractivity contribution is 0.467. The molecule has 1 aromatic heterocycles. The highest BCUT2D eigenvalue weighted by Crippen LogP contribution is 2.18. The lowest BCUT2D eigenvalue weighted by Gasteiger charge is -1.94. The van der Waals surface area contributed by atoms with Crippen LogP contribution in [0.3, 0.4) is 0 Å². The molecule has 4 nitrogen and oxygen atoms in total. The van der Waals surface area contributed by atoms with E-state index in [0.717, 1.165) is 3.59 Å². The molecule has 1 N–H and O–H groups in total. The average molecular weight is 347 g/mol. The molecule has 16 heavy (non-hydrogen) atoms. The van der Waals surface area contributed by atoms with Gasteiger partial charge in [0.1, 0.15) is 4.47 Å². The zero-order chi connectivity index (χ0) is 11.9. The summed E-state index contributed by atoms with van der Waals surface area (Å²) < 4.78 is 0.971. The minimum atomic E-state index is -0.585. The Morgan fingerprint density at radius 2 is 1.81 bits per heavy atom. The third-order valence-corrected chi connectivity index (χ3v) is 3.57. The van der Waals surface area contributed by atoms with Crippen molar-refractivity contribution in [1.29, 1.82) is 0 Å². The van der Waals surface area contributed by atoms with Crippen molar-refractivity contribution >= 4 is 43.0 Å². The summed E-state index contributed by atoms with van der Waals surface area (Å²) in [6.07, 6.45) is 0. The van der Waals surface area contributed by atoms with Crippen molar-refractivity contribution in [3.63, 3.8) is 0 Å². The maximum Gasteiger partial charge on any atom is 0.279 e. The molecule has 1 heterocycles. The molecule has 82 valence electrons. The minimum absolute atomic E-state index is 0.162. The van der Waals surface area contributed by atoms with Gasteiger partial charge in [0.15, 0.2) is 5.75 Å². The largest absolute Gasteiger partial charge is 0.503 e. The normalized spacial score (nSPS) is 10.6. The van der Waals surface area contributed by atoms with E-state index in [2.05, 4.69) is 32.1 Å². The molecule has 0 aliphatic carbocycles. The maximum absolute atomic E-state index is 11.8. The molecule has 0 fully saturated rings. The molecule has 0 saturated heterocycles. The van der Waals surface area contributed by atoms with Gasteiger partial charge in [0, 0.05) is 0 Å². The molecule has 2 aromatic rings. The highest BCUT2D eigenvalue weighted by atomic mass is 79.9. The van der Waals surface area contributed by atoms with Gasteiger partial charge in [-0.3, -0.25) is 9.59 Å². The highest BCUT2D eigenvalue weighted by molar-refractivity contribution is 9.10. The summed E-state index contributed by atoms with van der Waals surface area (Å²) in [6, 6.07) is 6.51. The van der Waals surface area contributed by atoms with E-state index in [1.54, 1.807) is 24.3 Å². The molecule has 2 rings (SSSR count). The Hall–Kier alpha value is -1.14. The van der Waals surface area contributed by atoms with Crippen LogP contribution < -0.4 is 11.0 Å². The van der Waals surface area contributed by atoms with Gasteiger partial charge in [-0.15, -0.1) is 0 Å². The Labute approximate surface area is 107 Å². The van der Waals surface area contributed by atoms with Crippen LogP contribution in [-0.2, 0) is 0 Å². The van der Waals surface area contributed by atoms with Gasteiger partial charge in [-0.2, -0.15) is 0 Å². The van der Waals surface area contributed by atoms with E-state index in [9.17, 15) is 14.7 Å². The number of halogens is 2. The van der Waals surface area contributed by atoms with Crippen LogP contribution in [0.5, 0.6) is 5.75 Å². The van der Waals surface area contributed by atoms with Crippen LogP contribution in [0.1, 0.15) is 0 Å². The standard InChI is InChI=1S/C10H5Br2NO3/c11-7-9(15)8(14)5-3-1-2-4-6(5)13(12)10(7)16/h1-4,15H. The zero-order valence-electron chi connectivity index (χ0n) is 7.78. The predicted octanol–water partition coefficient (Wildman–Crippen LogP) is 1.99. The van der Waals surface area contributed by atoms with E-state index in [-0.39, 0.29) is 9.86 Å². The smallest absolute Gasteiger partial charge is 0.279 e. The Balaban J connectivity index is 3.29. The molecule has 0 bridgehead atoms. The summed E-state index contributed by atoms with van der Waals surface area (Å²) in [5.74, 6) is -0.584. The molecule has 0 radical (unpaired) electrons. The van der Waals surface area contributed by atoms with Crippen LogP contribution in [0.2, 0.25) is 0 Å². The summed E-state index contributed by atoms with van der Waals surface area (Å²) in [4.78, 5) is 23.5. The molecular formula is C10H5Br2NO3. The Kier molecular flexibility index (Phi) is 2.86. The molecule has 0 unspecified atom stereocenters. The number of hydrogen-bond donors (Lipinski definition) is 1. The van der Waals surface area contributed by atoms with Crippen LogP contribution in [0, 0.1) is 0 Å². The molecule has 0 saturated carbocycles. The van der Waals surface area contributed by atoms with Gasteiger partial charge in [0.2, 0.25) is 5.43 Å². The summed E-state index contributed by atoms with van der Waals surface area (Å²) in [5, 5.41) is 9.84. The first kappa shape index (κ1) is 11.3. The van der Waals surface area contributed by atoms with Crippen molar-refractivity contribution in [3.8, 4) is 5.75 Å². The van der Waals surface area contributed by atoms with Gasteiger partial charge in [0.05, 0.1) is 27.1 Å². The van der Waals surface area contributed by atoms with Crippen molar-refractivity contribution in [2.45, 2.75) is 0 Å². The van der Waals surface area contributed by atoms with Gasteiger partial charge in [-0.05, 0) is 28.1 Å². The minimum Gasteiger partial charge on any atom is -0.503 e. The van der Waals surface area contributed by atoms with Crippen LogP contribution >= 0.6 is 32.1 Å². The molecule has 0 amide bonds. The van der Waals surface area contributed by atoms with Crippen molar-refractivity contribution < 1.29 is 5.11 Å².